The molecule has 0 aliphatic carbocycles. The fraction of sp³-hybridized carbons (Fsp3) is 0.600. The average molecular weight is 596 g/mol. The number of amides is 2. The first-order valence-electron chi connectivity index (χ1n) is 11.5. The summed E-state index contributed by atoms with van der Waals surface area (Å²) < 4.78 is 42.3. The van der Waals surface area contributed by atoms with Crippen molar-refractivity contribution >= 4 is 27.9 Å². The Morgan fingerprint density at radius 2 is 1.93 bits per heavy atom. The van der Waals surface area contributed by atoms with Crippen molar-refractivity contribution in [2.24, 2.45) is 0 Å². The third kappa shape index (κ3) is 7.10. The summed E-state index contributed by atoms with van der Waals surface area (Å²) >= 11 is 0. The molecule has 2 amide bonds. The summed E-state index contributed by atoms with van der Waals surface area (Å²) in [6, 6.07) is -0.179. The van der Waals surface area contributed by atoms with Gasteiger partial charge in [-0.1, -0.05) is 0 Å². The summed E-state index contributed by atoms with van der Waals surface area (Å²) in [6.07, 6.45) is -11.7. The van der Waals surface area contributed by atoms with E-state index in [0.29, 0.717) is 0 Å². The van der Waals surface area contributed by atoms with Gasteiger partial charge in [-0.05, 0) is 12.1 Å². The molecule has 0 saturated carbocycles. The molecule has 40 heavy (non-hydrogen) atoms. The number of hydrogen-bond donors (Lipinski definition) is 9. The number of rotatable bonds is 10. The molecule has 0 unspecified atom stereocenters. The Kier molecular flexibility index (Phi) is 9.81. The van der Waals surface area contributed by atoms with Gasteiger partial charge in [0.1, 0.15) is 42.4 Å². The van der Waals surface area contributed by atoms with E-state index in [0.717, 1.165) is 23.8 Å². The largest absolute Gasteiger partial charge is 0.480 e. The number of hydrogen-bond acceptors (Lipinski definition) is 16. The number of carbonyl (C=O) groups excluding carboxylic acids is 2. The van der Waals surface area contributed by atoms with Crippen molar-refractivity contribution in [3.05, 3.63) is 34.6 Å². The van der Waals surface area contributed by atoms with E-state index in [1.165, 1.54) is 10.8 Å². The van der Waals surface area contributed by atoms with Crippen LogP contribution >= 0.6 is 0 Å². The highest BCUT2D eigenvalue weighted by Gasteiger charge is 2.46. The molecule has 10 N–H and O–H groups in total. The number of nitrogen functional groups attached to an aromatic ring is 1. The van der Waals surface area contributed by atoms with E-state index < -0.39 is 102 Å². The summed E-state index contributed by atoms with van der Waals surface area (Å²) in [5.74, 6) is -3.14. The summed E-state index contributed by atoms with van der Waals surface area (Å²) in [6.45, 7) is -0.817. The summed E-state index contributed by atoms with van der Waals surface area (Å²) in [5, 5.41) is 62.3. The van der Waals surface area contributed by atoms with Crippen LogP contribution in [0.4, 0.5) is 5.82 Å². The topological polar surface area (TPSA) is 302 Å². The number of nitrogens with two attached hydrogens (primary N) is 1. The minimum Gasteiger partial charge on any atom is -0.480 e. The zero-order chi connectivity index (χ0) is 29.9. The Hall–Kier alpha value is -3.21. The highest BCUT2D eigenvalue weighted by Crippen LogP contribution is 2.29. The molecule has 3 rings (SSSR count). The molecule has 2 aliphatic heterocycles. The molecule has 0 aromatic carbocycles. The van der Waals surface area contributed by atoms with Crippen LogP contribution in [-0.2, 0) is 33.6 Å². The smallest absolute Gasteiger partial charge is 0.362 e. The lowest BCUT2D eigenvalue weighted by Crippen LogP contribution is -2.60. The lowest BCUT2D eigenvalue weighted by molar-refractivity contribution is -0.138. The van der Waals surface area contributed by atoms with Gasteiger partial charge in [-0.15, -0.1) is 0 Å². The van der Waals surface area contributed by atoms with Gasteiger partial charge in [0, 0.05) is 13.1 Å². The predicted octanol–water partition coefficient (Wildman–Crippen LogP) is -6.32. The van der Waals surface area contributed by atoms with E-state index in [4.69, 9.17) is 20.3 Å². The van der Waals surface area contributed by atoms with Gasteiger partial charge in [0.25, 0.3) is 0 Å². The number of anilines is 1. The van der Waals surface area contributed by atoms with Crippen LogP contribution in [0.5, 0.6) is 0 Å². The molecule has 0 radical (unpaired) electrons. The molecule has 1 aromatic rings. The van der Waals surface area contributed by atoms with Gasteiger partial charge >= 0.3 is 21.9 Å². The van der Waals surface area contributed by atoms with Crippen molar-refractivity contribution in [2.75, 3.05) is 18.9 Å². The second kappa shape index (κ2) is 12.5. The second-order valence-electron chi connectivity index (χ2n) is 8.83. The SMILES string of the molecule is CC(=O)N[C@H]1[C@H]([C@H](O)[C@H](O)CO)OC(C(=O)NS(=O)(=O)OC[C@H]2O[C@@H](n3ccc(N)nc3=O)[C@H](O)[C@@H]2O)=C[C@@H]1O. The fourth-order valence-corrected chi connectivity index (χ4v) is 4.62. The van der Waals surface area contributed by atoms with Gasteiger partial charge in [-0.3, -0.25) is 18.3 Å². The first kappa shape index (κ1) is 31.3. The van der Waals surface area contributed by atoms with Gasteiger partial charge in [0.05, 0.1) is 19.3 Å². The average Bonchev–Trinajstić information content (AvgIpc) is 3.15. The van der Waals surface area contributed by atoms with Crippen LogP contribution in [0.25, 0.3) is 0 Å². The molecule has 1 aromatic heterocycles. The molecule has 3 heterocycles. The first-order chi connectivity index (χ1) is 18.6. The van der Waals surface area contributed by atoms with Crippen molar-refractivity contribution in [3.63, 3.8) is 0 Å². The van der Waals surface area contributed by atoms with E-state index in [1.54, 1.807) is 0 Å². The quantitative estimate of drug-likeness (QED) is 0.121. The molecular formula is C20H29N5O14S. The van der Waals surface area contributed by atoms with Gasteiger partial charge in [0.2, 0.25) is 5.91 Å². The molecular weight excluding hydrogens is 566 g/mol. The molecule has 9 atom stereocenters. The van der Waals surface area contributed by atoms with Crippen molar-refractivity contribution in [1.29, 1.82) is 0 Å². The van der Waals surface area contributed by atoms with Crippen LogP contribution < -0.4 is 21.5 Å². The second-order valence-corrected chi connectivity index (χ2v) is 10.2. The van der Waals surface area contributed by atoms with E-state index in [-0.39, 0.29) is 5.82 Å². The van der Waals surface area contributed by atoms with Crippen LogP contribution in [0.15, 0.2) is 28.9 Å². The summed E-state index contributed by atoms with van der Waals surface area (Å²) in [5.41, 5.74) is 4.48. The Morgan fingerprint density at radius 3 is 2.52 bits per heavy atom. The lowest BCUT2D eigenvalue weighted by atomic mass is 9.93. The number of nitrogens with zero attached hydrogens (tertiary/aromatic N) is 2. The van der Waals surface area contributed by atoms with Crippen molar-refractivity contribution in [1.82, 2.24) is 19.6 Å². The van der Waals surface area contributed by atoms with Crippen LogP contribution in [-0.4, -0.2) is 122 Å². The number of nitrogens with one attached hydrogen (secondary N) is 2. The minimum atomic E-state index is -4.96. The van der Waals surface area contributed by atoms with Gasteiger partial charge < -0.3 is 51.2 Å². The van der Waals surface area contributed by atoms with Crippen molar-refractivity contribution < 1.29 is 62.3 Å². The summed E-state index contributed by atoms with van der Waals surface area (Å²) in [4.78, 5) is 39.5. The molecule has 224 valence electrons. The van der Waals surface area contributed by atoms with Gasteiger partial charge in [-0.2, -0.15) is 13.4 Å². The molecule has 1 saturated heterocycles. The van der Waals surface area contributed by atoms with E-state index >= 15 is 0 Å². The number of carbonyl (C=O) groups is 2. The first-order valence-corrected chi connectivity index (χ1v) is 12.9. The molecule has 1 fully saturated rings. The van der Waals surface area contributed by atoms with Gasteiger partial charge in [0.15, 0.2) is 18.1 Å². The Balaban J connectivity index is 1.68. The Morgan fingerprint density at radius 1 is 1.25 bits per heavy atom. The number of aromatic nitrogens is 2. The zero-order valence-corrected chi connectivity index (χ0v) is 21.5. The molecule has 19 nitrogen and oxygen atoms in total. The summed E-state index contributed by atoms with van der Waals surface area (Å²) in [7, 11) is -4.96. The van der Waals surface area contributed by atoms with Crippen molar-refractivity contribution in [2.45, 2.75) is 61.9 Å². The molecule has 2 aliphatic rings. The maximum absolute atomic E-state index is 12.6. The monoisotopic (exact) mass is 595 g/mol. The van der Waals surface area contributed by atoms with Crippen molar-refractivity contribution in [3.8, 4) is 0 Å². The highest BCUT2D eigenvalue weighted by atomic mass is 32.2. The van der Waals surface area contributed by atoms with E-state index in [1.807, 2.05) is 0 Å². The fourth-order valence-electron chi connectivity index (χ4n) is 3.92. The van der Waals surface area contributed by atoms with E-state index in [9.17, 15) is 48.3 Å². The molecule has 0 bridgehead atoms. The predicted molar refractivity (Wildman–Crippen MR) is 128 cm³/mol. The normalized spacial score (nSPS) is 30.1. The third-order valence-corrected chi connectivity index (χ3v) is 6.77. The standard InChI is InChI=1S/C20H29N5O14S/c1-7(27)22-13-8(28)4-10(38-17(13)14(30)9(29)5-26)18(33)24-40(35,36)37-6-11-15(31)16(32)19(39-11)25-3-2-12(21)23-20(25)34/h2-4,8-9,11,13-17,19,26,28-32H,5-6H2,1H3,(H,22,27)(H,24,33)(H2,21,23,34)/t8-,9+,11+,13+,14+,15+,16+,17+,19+/m0/s1. The zero-order valence-electron chi connectivity index (χ0n) is 20.7. The lowest BCUT2D eigenvalue weighted by Gasteiger charge is -2.38. The number of aliphatic hydroxyl groups excluding tert-OH is 6. The van der Waals surface area contributed by atoms with Crippen LogP contribution in [0.3, 0.4) is 0 Å². The van der Waals surface area contributed by atoms with Gasteiger partial charge in [-0.25, -0.2) is 9.52 Å². The van der Waals surface area contributed by atoms with Crippen LogP contribution in [0.1, 0.15) is 13.2 Å². The van der Waals surface area contributed by atoms with Crippen LogP contribution in [0.2, 0.25) is 0 Å². The minimum absolute atomic E-state index is 0.114. The Bertz CT molecular complexity index is 1290. The maximum atomic E-state index is 12.6. The number of aliphatic hydroxyl groups is 6. The van der Waals surface area contributed by atoms with E-state index in [2.05, 4.69) is 14.5 Å². The maximum Gasteiger partial charge on any atom is 0.362 e. The third-order valence-electron chi connectivity index (χ3n) is 5.89. The molecule has 20 heteroatoms. The number of ether oxygens (including phenoxy) is 2. The highest BCUT2D eigenvalue weighted by molar-refractivity contribution is 7.85. The Labute approximate surface area is 225 Å². The van der Waals surface area contributed by atoms with Crippen LogP contribution in [0, 0.1) is 0 Å². The molecule has 0 spiro atoms.